The Balaban J connectivity index is 1.76. The second kappa shape index (κ2) is 7.34. The number of nitrogens with one attached hydrogen (secondary N) is 2. The van der Waals surface area contributed by atoms with E-state index in [1.165, 1.54) is 17.8 Å². The van der Waals surface area contributed by atoms with E-state index in [1.807, 2.05) is 26.8 Å². The second-order valence-corrected chi connectivity index (χ2v) is 7.95. The maximum Gasteiger partial charge on any atom is 0.239 e. The lowest BCUT2D eigenvalue weighted by atomic mass is 10.1. The van der Waals surface area contributed by atoms with E-state index < -0.39 is 0 Å². The fraction of sp³-hybridized carbons (Fsp3) is 0.529. The molecule has 0 saturated heterocycles. The summed E-state index contributed by atoms with van der Waals surface area (Å²) in [4.78, 5) is 23.5. The van der Waals surface area contributed by atoms with Crippen LogP contribution in [0.2, 0.25) is 0 Å². The fourth-order valence-electron chi connectivity index (χ4n) is 2.58. The molecule has 0 saturated carbocycles. The van der Waals surface area contributed by atoms with Crippen molar-refractivity contribution in [3.63, 3.8) is 0 Å². The second-order valence-electron chi connectivity index (χ2n) is 6.76. The van der Waals surface area contributed by atoms with Crippen LogP contribution in [0.4, 0.5) is 4.39 Å². The number of carbonyl (C=O) groups excluding carboxylic acids is 2. The first-order chi connectivity index (χ1) is 10.7. The topological polar surface area (TPSA) is 58.2 Å². The van der Waals surface area contributed by atoms with Crippen LogP contribution < -0.4 is 10.6 Å². The van der Waals surface area contributed by atoms with Gasteiger partial charge in [0.25, 0.3) is 0 Å². The number of aryl methyl sites for hydroxylation is 1. The SMILES string of the molecule is CC(C)(C)NC(=O)CNC(=O)CS[C@@H]1CCc2ccc(F)cc21. The summed E-state index contributed by atoms with van der Waals surface area (Å²) in [7, 11) is 0. The molecule has 0 fully saturated rings. The van der Waals surface area contributed by atoms with Crippen LogP contribution in [0.5, 0.6) is 0 Å². The summed E-state index contributed by atoms with van der Waals surface area (Å²) in [5.74, 6) is -0.351. The molecule has 0 bridgehead atoms. The highest BCUT2D eigenvalue weighted by atomic mass is 32.2. The van der Waals surface area contributed by atoms with E-state index in [1.54, 1.807) is 6.07 Å². The molecule has 0 spiro atoms. The molecule has 1 aliphatic carbocycles. The average molecular weight is 338 g/mol. The molecule has 126 valence electrons. The number of amides is 2. The van der Waals surface area contributed by atoms with Crippen molar-refractivity contribution in [2.24, 2.45) is 0 Å². The van der Waals surface area contributed by atoms with Crippen LogP contribution >= 0.6 is 11.8 Å². The van der Waals surface area contributed by atoms with Gasteiger partial charge in [-0.1, -0.05) is 6.07 Å². The Morgan fingerprint density at radius 2 is 2.04 bits per heavy atom. The van der Waals surface area contributed by atoms with Crippen LogP contribution in [0.1, 0.15) is 43.6 Å². The molecule has 1 aliphatic rings. The first kappa shape index (κ1) is 17.8. The van der Waals surface area contributed by atoms with Gasteiger partial charge >= 0.3 is 0 Å². The first-order valence-electron chi connectivity index (χ1n) is 7.72. The van der Waals surface area contributed by atoms with E-state index in [2.05, 4.69) is 10.6 Å². The molecule has 0 radical (unpaired) electrons. The standard InChI is InChI=1S/C17H23FN2O2S/c1-17(2,3)20-15(21)9-19-16(22)10-23-14-7-5-11-4-6-12(18)8-13(11)14/h4,6,8,14H,5,7,9-10H2,1-3H3,(H,19,22)(H,20,21)/t14-/m1/s1. The van der Waals surface area contributed by atoms with Crippen LogP contribution in [-0.2, 0) is 16.0 Å². The van der Waals surface area contributed by atoms with Crippen LogP contribution in [0, 0.1) is 5.82 Å². The van der Waals surface area contributed by atoms with Crippen molar-refractivity contribution in [2.45, 2.75) is 44.4 Å². The lowest BCUT2D eigenvalue weighted by molar-refractivity contribution is -0.125. The molecular weight excluding hydrogens is 315 g/mol. The van der Waals surface area contributed by atoms with Crippen LogP contribution in [0.3, 0.4) is 0 Å². The zero-order valence-corrected chi connectivity index (χ0v) is 14.6. The van der Waals surface area contributed by atoms with Gasteiger partial charge in [-0.25, -0.2) is 4.39 Å². The summed E-state index contributed by atoms with van der Waals surface area (Å²) in [6, 6.07) is 4.86. The Morgan fingerprint density at radius 1 is 1.30 bits per heavy atom. The monoisotopic (exact) mass is 338 g/mol. The molecule has 4 nitrogen and oxygen atoms in total. The van der Waals surface area contributed by atoms with Crippen molar-refractivity contribution in [3.8, 4) is 0 Å². The molecule has 6 heteroatoms. The zero-order valence-electron chi connectivity index (χ0n) is 13.7. The molecule has 2 N–H and O–H groups in total. The quantitative estimate of drug-likeness (QED) is 0.867. The van der Waals surface area contributed by atoms with E-state index in [0.717, 1.165) is 24.0 Å². The number of hydrogen-bond acceptors (Lipinski definition) is 3. The Bertz CT molecular complexity index is 599. The summed E-state index contributed by atoms with van der Waals surface area (Å²) < 4.78 is 13.3. The van der Waals surface area contributed by atoms with Crippen molar-refractivity contribution in [1.82, 2.24) is 10.6 Å². The lowest BCUT2D eigenvalue weighted by Gasteiger charge is -2.20. The smallest absolute Gasteiger partial charge is 0.239 e. The van der Waals surface area contributed by atoms with E-state index in [-0.39, 0.29) is 40.7 Å². The number of carbonyl (C=O) groups is 2. The van der Waals surface area contributed by atoms with E-state index in [9.17, 15) is 14.0 Å². The maximum absolute atomic E-state index is 13.3. The van der Waals surface area contributed by atoms with Crippen LogP contribution in [-0.4, -0.2) is 29.7 Å². The van der Waals surface area contributed by atoms with Gasteiger partial charge in [0.15, 0.2) is 0 Å². The summed E-state index contributed by atoms with van der Waals surface area (Å²) in [5, 5.41) is 5.56. The third-order valence-corrected chi connectivity index (χ3v) is 4.83. The number of halogens is 1. The zero-order chi connectivity index (χ0) is 17.0. The molecule has 0 aromatic heterocycles. The fourth-order valence-corrected chi connectivity index (χ4v) is 3.72. The van der Waals surface area contributed by atoms with Gasteiger partial charge in [-0.05, 0) is 56.9 Å². The van der Waals surface area contributed by atoms with Crippen LogP contribution in [0.15, 0.2) is 18.2 Å². The summed E-state index contributed by atoms with van der Waals surface area (Å²) in [5.41, 5.74) is 1.84. The number of benzene rings is 1. The van der Waals surface area contributed by atoms with Gasteiger partial charge in [0.1, 0.15) is 5.82 Å². The molecule has 1 aromatic carbocycles. The molecular formula is C17H23FN2O2S. The Hall–Kier alpha value is -1.56. The Morgan fingerprint density at radius 3 is 2.74 bits per heavy atom. The van der Waals surface area contributed by atoms with Crippen molar-refractivity contribution < 1.29 is 14.0 Å². The first-order valence-corrected chi connectivity index (χ1v) is 8.77. The minimum Gasteiger partial charge on any atom is -0.350 e. The van der Waals surface area contributed by atoms with Gasteiger partial charge in [-0.3, -0.25) is 9.59 Å². The molecule has 2 rings (SSSR count). The van der Waals surface area contributed by atoms with Gasteiger partial charge in [-0.15, -0.1) is 11.8 Å². The van der Waals surface area contributed by atoms with Gasteiger partial charge in [0.2, 0.25) is 11.8 Å². The van der Waals surface area contributed by atoms with E-state index >= 15 is 0 Å². The Labute approximate surface area is 140 Å². The van der Waals surface area contributed by atoms with Crippen molar-refractivity contribution in [1.29, 1.82) is 0 Å². The molecule has 0 unspecified atom stereocenters. The summed E-state index contributed by atoms with van der Waals surface area (Å²) in [6.45, 7) is 5.64. The number of fused-ring (bicyclic) bond motifs is 1. The number of rotatable bonds is 5. The van der Waals surface area contributed by atoms with Gasteiger partial charge in [0, 0.05) is 10.8 Å². The van der Waals surface area contributed by atoms with Crippen molar-refractivity contribution in [2.75, 3.05) is 12.3 Å². The van der Waals surface area contributed by atoms with Crippen LogP contribution in [0.25, 0.3) is 0 Å². The van der Waals surface area contributed by atoms with Crippen molar-refractivity contribution >= 4 is 23.6 Å². The molecule has 1 atom stereocenters. The lowest BCUT2D eigenvalue weighted by Crippen LogP contribution is -2.46. The third-order valence-electron chi connectivity index (χ3n) is 3.51. The maximum atomic E-state index is 13.3. The predicted molar refractivity (Wildman–Crippen MR) is 90.8 cm³/mol. The molecule has 23 heavy (non-hydrogen) atoms. The summed E-state index contributed by atoms with van der Waals surface area (Å²) >= 11 is 1.50. The van der Waals surface area contributed by atoms with Gasteiger partial charge < -0.3 is 10.6 Å². The van der Waals surface area contributed by atoms with E-state index in [0.29, 0.717) is 0 Å². The predicted octanol–water partition coefficient (Wildman–Crippen LogP) is 2.58. The third kappa shape index (κ3) is 5.53. The minimum absolute atomic E-state index is 0.0213. The normalized spacial score (nSPS) is 16.8. The van der Waals surface area contributed by atoms with Gasteiger partial charge in [0.05, 0.1) is 12.3 Å². The minimum atomic E-state index is -0.311. The molecule has 1 aromatic rings. The molecule has 0 heterocycles. The largest absolute Gasteiger partial charge is 0.350 e. The highest BCUT2D eigenvalue weighted by molar-refractivity contribution is 8.00. The number of thioether (sulfide) groups is 1. The van der Waals surface area contributed by atoms with Crippen molar-refractivity contribution in [3.05, 3.63) is 35.1 Å². The molecule has 2 amide bonds. The number of hydrogen-bond donors (Lipinski definition) is 2. The summed E-state index contributed by atoms with van der Waals surface area (Å²) in [6.07, 6.45) is 1.84. The van der Waals surface area contributed by atoms with Gasteiger partial charge in [-0.2, -0.15) is 0 Å². The molecule has 0 aliphatic heterocycles. The average Bonchev–Trinajstić information content (AvgIpc) is 2.83. The Kier molecular flexibility index (Phi) is 5.68. The highest BCUT2D eigenvalue weighted by Gasteiger charge is 2.24. The highest BCUT2D eigenvalue weighted by Crippen LogP contribution is 2.41. The van der Waals surface area contributed by atoms with E-state index in [4.69, 9.17) is 0 Å².